The van der Waals surface area contributed by atoms with Crippen molar-refractivity contribution in [3.63, 3.8) is 0 Å². The molecule has 1 N–H and O–H groups in total. The van der Waals surface area contributed by atoms with Crippen LogP contribution in [0.15, 0.2) is 42.5 Å². The molecule has 6 nitrogen and oxygen atoms in total. The van der Waals surface area contributed by atoms with E-state index in [-0.39, 0.29) is 6.10 Å². The molecule has 0 bridgehead atoms. The maximum absolute atomic E-state index is 5.85. The third-order valence-corrected chi connectivity index (χ3v) is 5.30. The predicted molar refractivity (Wildman–Crippen MR) is 118 cm³/mol. The lowest BCUT2D eigenvalue weighted by Gasteiger charge is -2.29. The van der Waals surface area contributed by atoms with E-state index in [2.05, 4.69) is 16.3 Å². The lowest BCUT2D eigenvalue weighted by Crippen LogP contribution is -2.39. The van der Waals surface area contributed by atoms with Gasteiger partial charge in [-0.15, -0.1) is 0 Å². The number of rotatable bonds is 8. The average Bonchev–Trinajstić information content (AvgIpc) is 3.27. The average molecular weight is 417 g/mol. The molecular formula is C22H28N2O4S. The maximum Gasteiger partial charge on any atom is 0.173 e. The van der Waals surface area contributed by atoms with Gasteiger partial charge in [0.05, 0.1) is 33.1 Å². The lowest BCUT2D eigenvalue weighted by molar-refractivity contribution is 0.0903. The largest absolute Gasteiger partial charge is 0.497 e. The van der Waals surface area contributed by atoms with Crippen molar-refractivity contribution < 1.29 is 18.9 Å². The smallest absolute Gasteiger partial charge is 0.173 e. The van der Waals surface area contributed by atoms with Gasteiger partial charge < -0.3 is 29.2 Å². The number of hydrogen-bond acceptors (Lipinski definition) is 5. The first-order chi connectivity index (χ1) is 14.1. The van der Waals surface area contributed by atoms with E-state index in [9.17, 15) is 0 Å². The summed E-state index contributed by atoms with van der Waals surface area (Å²) in [4.78, 5) is 2.12. The standard InChI is InChI=1S/C22H28N2O4S/c1-25-17-10-11-19(21(13-17)27-3)23-22(29)24(15-18-8-6-12-28-18)14-16-7-4-5-9-20(16)26-2/h4-5,7,9-11,13,18H,6,8,12,14-15H2,1-3H3,(H,23,29). The highest BCUT2D eigenvalue weighted by Crippen LogP contribution is 2.30. The van der Waals surface area contributed by atoms with Gasteiger partial charge in [0.15, 0.2) is 5.11 Å². The van der Waals surface area contributed by atoms with Gasteiger partial charge in [0.25, 0.3) is 0 Å². The fraction of sp³-hybridized carbons (Fsp3) is 0.409. The highest BCUT2D eigenvalue weighted by Gasteiger charge is 2.22. The SMILES string of the molecule is COc1ccc(NC(=S)N(Cc2ccccc2OC)CC2CCCO2)c(OC)c1. The fourth-order valence-corrected chi connectivity index (χ4v) is 3.64. The molecule has 1 saturated heterocycles. The molecule has 0 aromatic heterocycles. The third kappa shape index (κ3) is 5.52. The highest BCUT2D eigenvalue weighted by molar-refractivity contribution is 7.80. The minimum atomic E-state index is 0.169. The topological polar surface area (TPSA) is 52.2 Å². The minimum Gasteiger partial charge on any atom is -0.497 e. The molecule has 0 aliphatic carbocycles. The molecule has 1 aliphatic rings. The van der Waals surface area contributed by atoms with Crippen molar-refractivity contribution in [3.05, 3.63) is 48.0 Å². The number of thiocarbonyl (C=S) groups is 1. The van der Waals surface area contributed by atoms with Crippen LogP contribution in [0.4, 0.5) is 5.69 Å². The van der Waals surface area contributed by atoms with E-state index in [1.165, 1.54) is 0 Å². The van der Waals surface area contributed by atoms with Crippen molar-refractivity contribution in [1.82, 2.24) is 4.90 Å². The van der Waals surface area contributed by atoms with Crippen molar-refractivity contribution in [2.24, 2.45) is 0 Å². The maximum atomic E-state index is 5.85. The molecule has 0 amide bonds. The highest BCUT2D eigenvalue weighted by atomic mass is 32.1. The summed E-state index contributed by atoms with van der Waals surface area (Å²) in [6.07, 6.45) is 2.29. The summed E-state index contributed by atoms with van der Waals surface area (Å²) in [5.74, 6) is 2.24. The van der Waals surface area contributed by atoms with Gasteiger partial charge in [0.2, 0.25) is 0 Å². The molecule has 1 fully saturated rings. The van der Waals surface area contributed by atoms with Crippen molar-refractivity contribution in [2.75, 3.05) is 39.8 Å². The first-order valence-corrected chi connectivity index (χ1v) is 10.1. The molecule has 3 rings (SSSR count). The molecule has 1 aliphatic heterocycles. The van der Waals surface area contributed by atoms with E-state index in [1.54, 1.807) is 21.3 Å². The first-order valence-electron chi connectivity index (χ1n) is 9.66. The summed E-state index contributed by atoms with van der Waals surface area (Å²) in [6, 6.07) is 13.6. The van der Waals surface area contributed by atoms with Gasteiger partial charge in [-0.3, -0.25) is 0 Å². The van der Waals surface area contributed by atoms with Crippen molar-refractivity contribution >= 4 is 23.0 Å². The van der Waals surface area contributed by atoms with Crippen LogP contribution in [0, 0.1) is 0 Å². The zero-order valence-electron chi connectivity index (χ0n) is 17.1. The predicted octanol–water partition coefficient (Wildman–Crippen LogP) is 4.09. The zero-order valence-corrected chi connectivity index (χ0v) is 18.0. The summed E-state index contributed by atoms with van der Waals surface area (Å²) in [5, 5.41) is 3.93. The first kappa shape index (κ1) is 21.2. The fourth-order valence-electron chi connectivity index (χ4n) is 3.39. The Morgan fingerprint density at radius 2 is 1.90 bits per heavy atom. The van der Waals surface area contributed by atoms with Crippen LogP contribution in [0.1, 0.15) is 18.4 Å². The zero-order chi connectivity index (χ0) is 20.6. The van der Waals surface area contributed by atoms with E-state index in [0.717, 1.165) is 42.2 Å². The number of nitrogens with zero attached hydrogens (tertiary/aromatic N) is 1. The Kier molecular flexibility index (Phi) is 7.55. The van der Waals surface area contributed by atoms with Crippen molar-refractivity contribution in [2.45, 2.75) is 25.5 Å². The van der Waals surface area contributed by atoms with Gasteiger partial charge in [0, 0.05) is 31.3 Å². The minimum absolute atomic E-state index is 0.169. The molecule has 2 aromatic rings. The molecule has 29 heavy (non-hydrogen) atoms. The molecular weight excluding hydrogens is 388 g/mol. The molecule has 156 valence electrons. The monoisotopic (exact) mass is 416 g/mol. The van der Waals surface area contributed by atoms with E-state index in [4.69, 9.17) is 31.2 Å². The summed E-state index contributed by atoms with van der Waals surface area (Å²) in [5.41, 5.74) is 1.86. The van der Waals surface area contributed by atoms with Crippen LogP contribution >= 0.6 is 12.2 Å². The number of hydrogen-bond donors (Lipinski definition) is 1. The normalized spacial score (nSPS) is 15.6. The summed E-state index contributed by atoms with van der Waals surface area (Å²) < 4.78 is 22.1. The number of ether oxygens (including phenoxy) is 4. The summed E-state index contributed by atoms with van der Waals surface area (Å²) >= 11 is 5.77. The van der Waals surface area contributed by atoms with Gasteiger partial charge in [-0.25, -0.2) is 0 Å². The third-order valence-electron chi connectivity index (χ3n) is 4.94. The lowest BCUT2D eigenvalue weighted by atomic mass is 10.1. The number of methoxy groups -OCH3 is 3. The molecule has 1 unspecified atom stereocenters. The molecule has 2 aromatic carbocycles. The van der Waals surface area contributed by atoms with Gasteiger partial charge in [-0.05, 0) is 43.3 Å². The Hall–Kier alpha value is -2.51. The Bertz CT molecular complexity index is 824. The van der Waals surface area contributed by atoms with Gasteiger partial charge in [-0.2, -0.15) is 0 Å². The van der Waals surface area contributed by atoms with E-state index >= 15 is 0 Å². The summed E-state index contributed by atoms with van der Waals surface area (Å²) in [6.45, 7) is 2.14. The van der Waals surface area contributed by atoms with Crippen molar-refractivity contribution in [1.29, 1.82) is 0 Å². The number of anilines is 1. The van der Waals surface area contributed by atoms with Crippen LogP contribution in [-0.2, 0) is 11.3 Å². The second-order valence-electron chi connectivity index (χ2n) is 6.82. The quantitative estimate of drug-likeness (QED) is 0.651. The van der Waals surface area contributed by atoms with Crippen LogP contribution in [0.2, 0.25) is 0 Å². The molecule has 1 heterocycles. The Morgan fingerprint density at radius 1 is 1.10 bits per heavy atom. The molecule has 0 radical (unpaired) electrons. The second kappa shape index (κ2) is 10.3. The van der Waals surface area contributed by atoms with Gasteiger partial charge in [-0.1, -0.05) is 18.2 Å². The van der Waals surface area contributed by atoms with Crippen LogP contribution in [-0.4, -0.2) is 50.6 Å². The Morgan fingerprint density at radius 3 is 2.59 bits per heavy atom. The van der Waals surface area contributed by atoms with Gasteiger partial charge >= 0.3 is 0 Å². The summed E-state index contributed by atoms with van der Waals surface area (Å²) in [7, 11) is 4.94. The van der Waals surface area contributed by atoms with Crippen LogP contribution in [0.3, 0.4) is 0 Å². The Labute approximate surface area is 177 Å². The number of nitrogens with one attached hydrogen (secondary N) is 1. The Balaban J connectivity index is 1.80. The molecule has 0 spiro atoms. The number of benzene rings is 2. The number of para-hydroxylation sites is 1. The van der Waals surface area contributed by atoms with Gasteiger partial charge in [0.1, 0.15) is 17.2 Å². The van der Waals surface area contributed by atoms with Crippen molar-refractivity contribution in [3.8, 4) is 17.2 Å². The van der Waals surface area contributed by atoms with E-state index in [0.29, 0.717) is 24.0 Å². The molecule has 7 heteroatoms. The van der Waals surface area contributed by atoms with Crippen LogP contribution < -0.4 is 19.5 Å². The van der Waals surface area contributed by atoms with E-state index in [1.807, 2.05) is 36.4 Å². The van der Waals surface area contributed by atoms with Crippen LogP contribution in [0.25, 0.3) is 0 Å². The van der Waals surface area contributed by atoms with E-state index < -0.39 is 0 Å². The molecule has 0 saturated carbocycles. The van der Waals surface area contributed by atoms with Crippen LogP contribution in [0.5, 0.6) is 17.2 Å². The molecule has 1 atom stereocenters. The second-order valence-corrected chi connectivity index (χ2v) is 7.21.